The van der Waals surface area contributed by atoms with Crippen molar-refractivity contribution >= 4 is 15.9 Å². The molecule has 0 bridgehead atoms. The summed E-state index contributed by atoms with van der Waals surface area (Å²) in [6.07, 6.45) is 1.23. The molecule has 3 nitrogen and oxygen atoms in total. The fourth-order valence-electron chi connectivity index (χ4n) is 0.907. The maximum Gasteiger partial charge on any atom is 0.131 e. The van der Waals surface area contributed by atoms with E-state index in [1.54, 1.807) is 13.2 Å². The SMILES string of the molecule is CC(O)C(C)(C)NCc1occc1Br. The number of rotatable bonds is 4. The second-order valence-corrected chi connectivity index (χ2v) is 4.80. The summed E-state index contributed by atoms with van der Waals surface area (Å²) in [7, 11) is 0. The Morgan fingerprint density at radius 2 is 2.29 bits per heavy atom. The van der Waals surface area contributed by atoms with Crippen molar-refractivity contribution in [1.82, 2.24) is 5.32 Å². The molecule has 2 N–H and O–H groups in total. The van der Waals surface area contributed by atoms with Crippen LogP contribution in [0.5, 0.6) is 0 Å². The Bertz CT molecular complexity index is 294. The molecule has 4 heteroatoms. The third-order valence-electron chi connectivity index (χ3n) is 2.44. The van der Waals surface area contributed by atoms with Gasteiger partial charge in [0, 0.05) is 5.54 Å². The lowest BCUT2D eigenvalue weighted by atomic mass is 9.99. The van der Waals surface area contributed by atoms with Gasteiger partial charge in [0.05, 0.1) is 23.4 Å². The number of hydrogen-bond donors (Lipinski definition) is 2. The molecule has 0 spiro atoms. The minimum atomic E-state index is -0.406. The Kier molecular flexibility index (Phi) is 3.75. The van der Waals surface area contributed by atoms with Gasteiger partial charge in [-0.3, -0.25) is 0 Å². The number of hydrogen-bond acceptors (Lipinski definition) is 3. The smallest absolute Gasteiger partial charge is 0.131 e. The lowest BCUT2D eigenvalue weighted by Crippen LogP contribution is -2.47. The largest absolute Gasteiger partial charge is 0.467 e. The van der Waals surface area contributed by atoms with Gasteiger partial charge in [-0.1, -0.05) is 0 Å². The molecule has 0 radical (unpaired) electrons. The van der Waals surface area contributed by atoms with Gasteiger partial charge in [0.25, 0.3) is 0 Å². The summed E-state index contributed by atoms with van der Waals surface area (Å²) in [5.41, 5.74) is -0.313. The minimum absolute atomic E-state index is 0.313. The maximum atomic E-state index is 9.47. The van der Waals surface area contributed by atoms with Crippen LogP contribution >= 0.6 is 15.9 Å². The van der Waals surface area contributed by atoms with Crippen molar-refractivity contribution in [1.29, 1.82) is 0 Å². The van der Waals surface area contributed by atoms with E-state index in [2.05, 4.69) is 21.2 Å². The fourth-order valence-corrected chi connectivity index (χ4v) is 1.25. The van der Waals surface area contributed by atoms with E-state index in [0.29, 0.717) is 6.54 Å². The van der Waals surface area contributed by atoms with Crippen molar-refractivity contribution < 1.29 is 9.52 Å². The predicted octanol–water partition coefficient (Wildman–Crippen LogP) is 2.29. The van der Waals surface area contributed by atoms with Gasteiger partial charge in [-0.2, -0.15) is 0 Å². The molecule has 0 aromatic carbocycles. The summed E-state index contributed by atoms with van der Waals surface area (Å²) in [5.74, 6) is 0.846. The van der Waals surface area contributed by atoms with E-state index in [-0.39, 0.29) is 5.54 Å². The van der Waals surface area contributed by atoms with E-state index >= 15 is 0 Å². The van der Waals surface area contributed by atoms with Crippen LogP contribution in [0.25, 0.3) is 0 Å². The Labute approximate surface area is 92.6 Å². The summed E-state index contributed by atoms with van der Waals surface area (Å²) in [6, 6.07) is 1.85. The summed E-state index contributed by atoms with van der Waals surface area (Å²) in [6.45, 7) is 6.28. The van der Waals surface area contributed by atoms with Crippen molar-refractivity contribution in [3.63, 3.8) is 0 Å². The van der Waals surface area contributed by atoms with Crippen LogP contribution in [0.3, 0.4) is 0 Å². The molecule has 0 aliphatic carbocycles. The van der Waals surface area contributed by atoms with Crippen LogP contribution in [-0.4, -0.2) is 16.7 Å². The Morgan fingerprint density at radius 1 is 1.64 bits per heavy atom. The van der Waals surface area contributed by atoms with Crippen LogP contribution in [0.15, 0.2) is 21.2 Å². The quantitative estimate of drug-likeness (QED) is 0.875. The average Bonchev–Trinajstić information content (AvgIpc) is 2.47. The molecule has 0 aliphatic rings. The van der Waals surface area contributed by atoms with Gasteiger partial charge >= 0.3 is 0 Å². The topological polar surface area (TPSA) is 45.4 Å². The van der Waals surface area contributed by atoms with Crippen molar-refractivity contribution in [2.75, 3.05) is 0 Å². The van der Waals surface area contributed by atoms with Crippen molar-refractivity contribution in [3.8, 4) is 0 Å². The van der Waals surface area contributed by atoms with E-state index < -0.39 is 6.10 Å². The third kappa shape index (κ3) is 2.83. The fraction of sp³-hybridized carbons (Fsp3) is 0.600. The number of aliphatic hydroxyl groups excluding tert-OH is 1. The minimum Gasteiger partial charge on any atom is -0.467 e. The Hall–Kier alpha value is -0.320. The van der Waals surface area contributed by atoms with Gasteiger partial charge in [-0.15, -0.1) is 0 Å². The molecule has 1 rings (SSSR count). The van der Waals surface area contributed by atoms with Crippen LogP contribution < -0.4 is 5.32 Å². The standard InChI is InChI=1S/C10H16BrNO2/c1-7(13)10(2,3)12-6-9-8(11)4-5-14-9/h4-5,7,12-13H,6H2,1-3H3. The van der Waals surface area contributed by atoms with E-state index in [1.807, 2.05) is 19.9 Å². The predicted molar refractivity (Wildman–Crippen MR) is 59.0 cm³/mol. The van der Waals surface area contributed by atoms with Gasteiger partial charge in [-0.05, 0) is 42.8 Å². The lowest BCUT2D eigenvalue weighted by molar-refractivity contribution is 0.0942. The van der Waals surface area contributed by atoms with E-state index in [0.717, 1.165) is 10.2 Å². The van der Waals surface area contributed by atoms with Crippen molar-refractivity contribution in [2.45, 2.75) is 39.0 Å². The highest BCUT2D eigenvalue weighted by atomic mass is 79.9. The van der Waals surface area contributed by atoms with Crippen LogP contribution in [0, 0.1) is 0 Å². The van der Waals surface area contributed by atoms with Crippen LogP contribution in [0.2, 0.25) is 0 Å². The molecule has 80 valence electrons. The normalized spacial score (nSPS) is 14.4. The first-order valence-electron chi connectivity index (χ1n) is 4.58. The molecule has 0 fully saturated rings. The Balaban J connectivity index is 2.53. The first kappa shape index (κ1) is 11.8. The van der Waals surface area contributed by atoms with Gasteiger partial charge in [0.2, 0.25) is 0 Å². The molecule has 1 aromatic heterocycles. The summed E-state index contributed by atoms with van der Waals surface area (Å²) in [4.78, 5) is 0. The van der Waals surface area contributed by atoms with Gasteiger partial charge in [-0.25, -0.2) is 0 Å². The number of nitrogens with one attached hydrogen (secondary N) is 1. The van der Waals surface area contributed by atoms with Gasteiger partial charge < -0.3 is 14.8 Å². The Morgan fingerprint density at radius 3 is 2.71 bits per heavy atom. The van der Waals surface area contributed by atoms with Crippen molar-refractivity contribution in [2.24, 2.45) is 0 Å². The summed E-state index contributed by atoms with van der Waals surface area (Å²) < 4.78 is 6.20. The summed E-state index contributed by atoms with van der Waals surface area (Å²) in [5, 5.41) is 12.7. The first-order valence-corrected chi connectivity index (χ1v) is 5.38. The molecule has 0 saturated heterocycles. The molecule has 1 heterocycles. The number of halogens is 1. The first-order chi connectivity index (χ1) is 6.43. The second kappa shape index (κ2) is 4.47. The molecule has 1 unspecified atom stereocenters. The molecule has 0 amide bonds. The second-order valence-electron chi connectivity index (χ2n) is 3.94. The molecule has 14 heavy (non-hydrogen) atoms. The van der Waals surface area contributed by atoms with E-state index in [1.165, 1.54) is 0 Å². The zero-order valence-electron chi connectivity index (χ0n) is 8.67. The van der Waals surface area contributed by atoms with Crippen LogP contribution in [0.4, 0.5) is 0 Å². The molecular weight excluding hydrogens is 246 g/mol. The van der Waals surface area contributed by atoms with Gasteiger partial charge in [0.15, 0.2) is 0 Å². The molecule has 0 aliphatic heterocycles. The van der Waals surface area contributed by atoms with Gasteiger partial charge in [0.1, 0.15) is 5.76 Å². The molecule has 0 saturated carbocycles. The summed E-state index contributed by atoms with van der Waals surface area (Å²) >= 11 is 3.37. The average molecular weight is 262 g/mol. The maximum absolute atomic E-state index is 9.47. The zero-order chi connectivity index (χ0) is 10.8. The highest BCUT2D eigenvalue weighted by Crippen LogP contribution is 2.18. The third-order valence-corrected chi connectivity index (χ3v) is 3.15. The van der Waals surface area contributed by atoms with Crippen LogP contribution in [-0.2, 0) is 6.54 Å². The monoisotopic (exact) mass is 261 g/mol. The molecule has 1 aromatic rings. The highest BCUT2D eigenvalue weighted by Gasteiger charge is 2.23. The van der Waals surface area contributed by atoms with E-state index in [4.69, 9.17) is 4.42 Å². The molecule has 1 atom stereocenters. The lowest BCUT2D eigenvalue weighted by Gasteiger charge is -2.29. The molecular formula is C10H16BrNO2. The van der Waals surface area contributed by atoms with Crippen molar-refractivity contribution in [3.05, 3.63) is 22.6 Å². The zero-order valence-corrected chi connectivity index (χ0v) is 10.3. The van der Waals surface area contributed by atoms with E-state index in [9.17, 15) is 5.11 Å². The highest BCUT2D eigenvalue weighted by molar-refractivity contribution is 9.10. The number of furan rings is 1. The van der Waals surface area contributed by atoms with Crippen LogP contribution in [0.1, 0.15) is 26.5 Å². The number of aliphatic hydroxyl groups is 1.